The number of nitrogens with zero attached hydrogens (tertiary/aromatic N) is 1. The van der Waals surface area contributed by atoms with Gasteiger partial charge >= 0.3 is 0 Å². The minimum absolute atomic E-state index is 0.00486. The summed E-state index contributed by atoms with van der Waals surface area (Å²) in [6.45, 7) is 0. The fourth-order valence-corrected chi connectivity index (χ4v) is 1.93. The molecule has 1 aromatic carbocycles. The second-order valence-electron chi connectivity index (χ2n) is 4.53. The molecule has 1 N–H and O–H groups in total. The Kier molecular flexibility index (Phi) is 3.47. The van der Waals surface area contributed by atoms with Gasteiger partial charge in [0.25, 0.3) is 5.91 Å². The molecule has 0 spiro atoms. The standard InChI is InChI=1S/C14H18N2O/c1-16(2)13-9-5-6-11(10-13)14(17)15-12-7-3-4-8-12/h3,5-7,9-10,12H,4,8H2,1-2H3,(H,15,17). The highest BCUT2D eigenvalue weighted by Gasteiger charge is 2.13. The van der Waals surface area contributed by atoms with Crippen molar-refractivity contribution < 1.29 is 4.79 Å². The molecule has 0 fully saturated rings. The van der Waals surface area contributed by atoms with Gasteiger partial charge in [0.05, 0.1) is 0 Å². The molecule has 1 unspecified atom stereocenters. The Morgan fingerprint density at radius 2 is 2.24 bits per heavy atom. The molecule has 90 valence electrons. The van der Waals surface area contributed by atoms with Crippen LogP contribution in [0.1, 0.15) is 23.2 Å². The van der Waals surface area contributed by atoms with E-state index in [4.69, 9.17) is 0 Å². The van der Waals surface area contributed by atoms with Gasteiger partial charge in [-0.3, -0.25) is 4.79 Å². The summed E-state index contributed by atoms with van der Waals surface area (Å²) in [5.74, 6) is 0.00486. The largest absolute Gasteiger partial charge is 0.378 e. The molecule has 1 amide bonds. The normalized spacial score (nSPS) is 18.1. The van der Waals surface area contributed by atoms with Gasteiger partial charge < -0.3 is 10.2 Å². The summed E-state index contributed by atoms with van der Waals surface area (Å²) in [5, 5.41) is 3.02. The molecule has 3 heteroatoms. The van der Waals surface area contributed by atoms with E-state index in [-0.39, 0.29) is 11.9 Å². The maximum absolute atomic E-state index is 12.0. The van der Waals surface area contributed by atoms with Crippen LogP contribution in [-0.4, -0.2) is 26.0 Å². The van der Waals surface area contributed by atoms with Crippen molar-refractivity contribution in [1.29, 1.82) is 0 Å². The van der Waals surface area contributed by atoms with Crippen molar-refractivity contribution in [2.24, 2.45) is 0 Å². The van der Waals surface area contributed by atoms with Gasteiger partial charge in [0.1, 0.15) is 0 Å². The Morgan fingerprint density at radius 1 is 1.41 bits per heavy atom. The van der Waals surface area contributed by atoms with Crippen LogP contribution in [0.4, 0.5) is 5.69 Å². The van der Waals surface area contributed by atoms with Gasteiger partial charge in [-0.1, -0.05) is 18.2 Å². The van der Waals surface area contributed by atoms with Gasteiger partial charge in [-0.15, -0.1) is 0 Å². The Morgan fingerprint density at radius 3 is 2.88 bits per heavy atom. The summed E-state index contributed by atoms with van der Waals surface area (Å²) < 4.78 is 0. The fourth-order valence-electron chi connectivity index (χ4n) is 1.93. The molecule has 1 aromatic rings. The number of carbonyl (C=O) groups excluding carboxylic acids is 1. The predicted molar refractivity (Wildman–Crippen MR) is 70.4 cm³/mol. The first-order valence-corrected chi connectivity index (χ1v) is 5.92. The summed E-state index contributed by atoms with van der Waals surface area (Å²) in [4.78, 5) is 14.0. The van der Waals surface area contributed by atoms with Gasteiger partial charge in [0, 0.05) is 31.4 Å². The first kappa shape index (κ1) is 11.7. The van der Waals surface area contributed by atoms with E-state index in [0.717, 1.165) is 24.1 Å². The Labute approximate surface area is 102 Å². The van der Waals surface area contributed by atoms with Crippen LogP contribution in [0.25, 0.3) is 0 Å². The molecular weight excluding hydrogens is 212 g/mol. The molecule has 0 aromatic heterocycles. The SMILES string of the molecule is CN(C)c1cccc(C(=O)NC2C=CCC2)c1. The third-order valence-electron chi connectivity index (χ3n) is 2.95. The highest BCUT2D eigenvalue weighted by Crippen LogP contribution is 2.14. The lowest BCUT2D eigenvalue weighted by atomic mass is 10.1. The van der Waals surface area contributed by atoms with Crippen molar-refractivity contribution in [1.82, 2.24) is 5.32 Å². The summed E-state index contributed by atoms with van der Waals surface area (Å²) in [7, 11) is 3.94. The number of rotatable bonds is 3. The van der Waals surface area contributed by atoms with Crippen LogP contribution < -0.4 is 10.2 Å². The van der Waals surface area contributed by atoms with E-state index in [1.165, 1.54) is 0 Å². The molecule has 17 heavy (non-hydrogen) atoms. The number of anilines is 1. The number of hydrogen-bond donors (Lipinski definition) is 1. The van der Waals surface area contributed by atoms with Crippen molar-refractivity contribution in [2.75, 3.05) is 19.0 Å². The summed E-state index contributed by atoms with van der Waals surface area (Å²) in [6.07, 6.45) is 6.25. The van der Waals surface area contributed by atoms with Gasteiger partial charge in [0.2, 0.25) is 0 Å². The first-order chi connectivity index (χ1) is 8.16. The summed E-state index contributed by atoms with van der Waals surface area (Å²) >= 11 is 0. The number of allylic oxidation sites excluding steroid dienone is 1. The monoisotopic (exact) mass is 230 g/mol. The quantitative estimate of drug-likeness (QED) is 0.807. The predicted octanol–water partition coefficient (Wildman–Crippen LogP) is 2.20. The maximum atomic E-state index is 12.0. The summed E-state index contributed by atoms with van der Waals surface area (Å²) in [6, 6.07) is 7.86. The number of benzene rings is 1. The van der Waals surface area contributed by atoms with Crippen LogP contribution in [0, 0.1) is 0 Å². The van der Waals surface area contributed by atoms with Gasteiger partial charge in [-0.2, -0.15) is 0 Å². The molecular formula is C14H18N2O. The molecule has 0 saturated carbocycles. The van der Waals surface area contributed by atoms with Gasteiger partial charge in [0.15, 0.2) is 0 Å². The second-order valence-corrected chi connectivity index (χ2v) is 4.53. The molecule has 0 heterocycles. The zero-order valence-electron chi connectivity index (χ0n) is 10.3. The minimum atomic E-state index is 0.00486. The Bertz CT molecular complexity index is 438. The van der Waals surface area contributed by atoms with Crippen LogP contribution in [-0.2, 0) is 0 Å². The fraction of sp³-hybridized carbons (Fsp3) is 0.357. The third-order valence-corrected chi connectivity index (χ3v) is 2.95. The van der Waals surface area contributed by atoms with Crippen LogP contribution >= 0.6 is 0 Å². The highest BCUT2D eigenvalue weighted by atomic mass is 16.1. The number of nitrogens with one attached hydrogen (secondary N) is 1. The van der Waals surface area contributed by atoms with E-state index in [2.05, 4.69) is 17.5 Å². The molecule has 1 atom stereocenters. The van der Waals surface area contributed by atoms with Crippen LogP contribution in [0.3, 0.4) is 0 Å². The van der Waals surface area contributed by atoms with Crippen LogP contribution in [0.2, 0.25) is 0 Å². The van der Waals surface area contributed by atoms with Crippen molar-refractivity contribution in [3.05, 3.63) is 42.0 Å². The Hall–Kier alpha value is -1.77. The zero-order chi connectivity index (χ0) is 12.3. The van der Waals surface area contributed by atoms with Crippen molar-refractivity contribution in [3.8, 4) is 0 Å². The Balaban J connectivity index is 2.07. The van der Waals surface area contributed by atoms with Crippen LogP contribution in [0.15, 0.2) is 36.4 Å². The molecule has 1 aliphatic rings. The van der Waals surface area contributed by atoms with E-state index >= 15 is 0 Å². The van der Waals surface area contributed by atoms with E-state index in [0.29, 0.717) is 0 Å². The average Bonchev–Trinajstić information content (AvgIpc) is 2.82. The number of carbonyl (C=O) groups is 1. The molecule has 2 rings (SSSR count). The smallest absolute Gasteiger partial charge is 0.251 e. The molecule has 0 saturated heterocycles. The van der Waals surface area contributed by atoms with Crippen LogP contribution in [0.5, 0.6) is 0 Å². The molecule has 0 radical (unpaired) electrons. The van der Waals surface area contributed by atoms with E-state index in [1.807, 2.05) is 43.3 Å². The topological polar surface area (TPSA) is 32.3 Å². The zero-order valence-corrected chi connectivity index (χ0v) is 10.3. The minimum Gasteiger partial charge on any atom is -0.378 e. The third kappa shape index (κ3) is 2.87. The van der Waals surface area contributed by atoms with Gasteiger partial charge in [-0.25, -0.2) is 0 Å². The average molecular weight is 230 g/mol. The molecule has 3 nitrogen and oxygen atoms in total. The number of hydrogen-bond acceptors (Lipinski definition) is 2. The number of amides is 1. The molecule has 1 aliphatic carbocycles. The highest BCUT2D eigenvalue weighted by molar-refractivity contribution is 5.95. The first-order valence-electron chi connectivity index (χ1n) is 5.92. The van der Waals surface area contributed by atoms with E-state index < -0.39 is 0 Å². The lowest BCUT2D eigenvalue weighted by molar-refractivity contribution is 0.0944. The molecule has 0 bridgehead atoms. The van der Waals surface area contributed by atoms with Gasteiger partial charge in [-0.05, 0) is 31.0 Å². The molecule has 0 aliphatic heterocycles. The lowest BCUT2D eigenvalue weighted by Crippen LogP contribution is -2.32. The summed E-state index contributed by atoms with van der Waals surface area (Å²) in [5.41, 5.74) is 1.76. The maximum Gasteiger partial charge on any atom is 0.251 e. The van der Waals surface area contributed by atoms with Crippen molar-refractivity contribution in [2.45, 2.75) is 18.9 Å². The van der Waals surface area contributed by atoms with E-state index in [9.17, 15) is 4.79 Å². The van der Waals surface area contributed by atoms with Crippen molar-refractivity contribution >= 4 is 11.6 Å². The lowest BCUT2D eigenvalue weighted by Gasteiger charge is -2.15. The second kappa shape index (κ2) is 5.04. The van der Waals surface area contributed by atoms with Crippen molar-refractivity contribution in [3.63, 3.8) is 0 Å². The van der Waals surface area contributed by atoms with E-state index in [1.54, 1.807) is 0 Å².